The average molecular weight is 416 g/mol. The van der Waals surface area contributed by atoms with Gasteiger partial charge in [0.15, 0.2) is 5.76 Å². The molecule has 1 aliphatic rings. The predicted molar refractivity (Wildman–Crippen MR) is 118 cm³/mol. The molecule has 0 radical (unpaired) electrons. The number of furan rings is 1. The van der Waals surface area contributed by atoms with E-state index in [1.165, 1.54) is 0 Å². The monoisotopic (exact) mass is 416 g/mol. The van der Waals surface area contributed by atoms with E-state index in [1.54, 1.807) is 24.5 Å². The molecule has 2 heterocycles. The van der Waals surface area contributed by atoms with Crippen LogP contribution in [0.25, 0.3) is 0 Å². The Morgan fingerprint density at radius 1 is 1.03 bits per heavy atom. The Bertz CT molecular complexity index is 1180. The van der Waals surface area contributed by atoms with Crippen LogP contribution in [0.15, 0.2) is 52.2 Å². The third-order valence-electron chi connectivity index (χ3n) is 5.41. The third kappa shape index (κ3) is 4.26. The van der Waals surface area contributed by atoms with E-state index in [2.05, 4.69) is 20.8 Å². The minimum absolute atomic E-state index is 0.279. The highest BCUT2D eigenvalue weighted by Crippen LogP contribution is 2.30. The predicted octanol–water partition coefficient (Wildman–Crippen LogP) is 4.32. The molecule has 0 unspecified atom stereocenters. The van der Waals surface area contributed by atoms with Gasteiger partial charge in [0, 0.05) is 41.2 Å². The van der Waals surface area contributed by atoms with Gasteiger partial charge < -0.3 is 9.73 Å². The van der Waals surface area contributed by atoms with Crippen LogP contribution >= 0.6 is 0 Å². The summed E-state index contributed by atoms with van der Waals surface area (Å²) in [4.78, 5) is 29.2. The van der Waals surface area contributed by atoms with E-state index in [4.69, 9.17) is 4.42 Å². The lowest BCUT2D eigenvalue weighted by Crippen LogP contribution is -2.22. The molecule has 2 amide bonds. The highest BCUT2D eigenvalue weighted by Gasteiger charge is 2.28. The van der Waals surface area contributed by atoms with Crippen LogP contribution in [0.2, 0.25) is 0 Å². The maximum absolute atomic E-state index is 13.0. The molecule has 7 heteroatoms. The van der Waals surface area contributed by atoms with E-state index in [1.807, 2.05) is 39.0 Å². The normalized spacial score (nSPS) is 14.2. The van der Waals surface area contributed by atoms with Gasteiger partial charge in [0.2, 0.25) is 0 Å². The number of carbonyl (C=O) groups is 2. The molecule has 2 N–H and O–H groups in total. The second-order valence-corrected chi connectivity index (χ2v) is 7.72. The highest BCUT2D eigenvalue weighted by atomic mass is 16.4. The number of amides is 2. The topological polar surface area (TPSA) is 96.6 Å². The quantitative estimate of drug-likeness (QED) is 0.619. The summed E-state index contributed by atoms with van der Waals surface area (Å²) in [6, 6.07) is 9.17. The Morgan fingerprint density at radius 3 is 2.58 bits per heavy atom. The summed E-state index contributed by atoms with van der Waals surface area (Å²) in [6.45, 7) is 5.78. The Morgan fingerprint density at radius 2 is 1.81 bits per heavy atom. The first-order valence-corrected chi connectivity index (χ1v) is 10.2. The standard InChI is InChI=1S/C24H24N4O3/c1-14-7-8-15(2)19(13-14)26-24(30)22-16(3)21-18(5-4-6-20(21)31-22)27-28-23(29)17-9-11-25-12-10-17/h7-13H,4-6H2,1-3H3,(H,26,30)(H,28,29)/b27-18+. The molecule has 0 aliphatic heterocycles. The van der Waals surface area contributed by atoms with Crippen molar-refractivity contribution in [1.82, 2.24) is 10.4 Å². The summed E-state index contributed by atoms with van der Waals surface area (Å²) >= 11 is 0. The van der Waals surface area contributed by atoms with Gasteiger partial charge >= 0.3 is 0 Å². The number of aromatic nitrogens is 1. The molecule has 1 aliphatic carbocycles. The number of hydrogen-bond acceptors (Lipinski definition) is 5. The molecule has 0 spiro atoms. The molecule has 0 fully saturated rings. The molecule has 3 aromatic rings. The number of pyridine rings is 1. The van der Waals surface area contributed by atoms with E-state index in [0.717, 1.165) is 52.3 Å². The molecule has 0 bridgehead atoms. The molecular formula is C24H24N4O3. The molecule has 0 saturated heterocycles. The van der Waals surface area contributed by atoms with Gasteiger partial charge in [-0.3, -0.25) is 14.6 Å². The van der Waals surface area contributed by atoms with Gasteiger partial charge in [-0.15, -0.1) is 0 Å². The fourth-order valence-corrected chi connectivity index (χ4v) is 3.73. The zero-order valence-electron chi connectivity index (χ0n) is 17.8. The van der Waals surface area contributed by atoms with Crippen LogP contribution in [-0.2, 0) is 6.42 Å². The molecular weight excluding hydrogens is 392 g/mol. The van der Waals surface area contributed by atoms with Crippen molar-refractivity contribution in [3.05, 3.63) is 82.1 Å². The molecule has 7 nitrogen and oxygen atoms in total. The number of fused-ring (bicyclic) bond motifs is 1. The Balaban J connectivity index is 1.59. The van der Waals surface area contributed by atoms with Crippen molar-refractivity contribution in [2.24, 2.45) is 5.10 Å². The first-order chi connectivity index (χ1) is 14.9. The zero-order valence-corrected chi connectivity index (χ0v) is 17.8. The minimum atomic E-state index is -0.309. The van der Waals surface area contributed by atoms with Crippen molar-refractivity contribution in [3.63, 3.8) is 0 Å². The second kappa shape index (κ2) is 8.55. The van der Waals surface area contributed by atoms with Crippen LogP contribution in [-0.4, -0.2) is 22.5 Å². The van der Waals surface area contributed by atoms with Crippen LogP contribution in [0.3, 0.4) is 0 Å². The maximum Gasteiger partial charge on any atom is 0.291 e. The summed E-state index contributed by atoms with van der Waals surface area (Å²) in [6.07, 6.45) is 5.37. The highest BCUT2D eigenvalue weighted by molar-refractivity contribution is 6.09. The summed E-state index contributed by atoms with van der Waals surface area (Å²) in [5.41, 5.74) is 8.16. The maximum atomic E-state index is 13.0. The number of aryl methyl sites for hydroxylation is 3. The number of hydrazone groups is 1. The van der Waals surface area contributed by atoms with Crippen molar-refractivity contribution in [2.75, 3.05) is 5.32 Å². The van der Waals surface area contributed by atoms with Crippen molar-refractivity contribution in [1.29, 1.82) is 0 Å². The lowest BCUT2D eigenvalue weighted by molar-refractivity contribution is 0.0953. The van der Waals surface area contributed by atoms with E-state index in [9.17, 15) is 9.59 Å². The van der Waals surface area contributed by atoms with E-state index in [-0.39, 0.29) is 17.6 Å². The number of carbonyl (C=O) groups excluding carboxylic acids is 2. The number of hydrogen-bond donors (Lipinski definition) is 2. The number of nitrogens with zero attached hydrogens (tertiary/aromatic N) is 2. The minimum Gasteiger partial charge on any atom is -0.455 e. The van der Waals surface area contributed by atoms with Crippen molar-refractivity contribution in [2.45, 2.75) is 40.0 Å². The smallest absolute Gasteiger partial charge is 0.291 e. The van der Waals surface area contributed by atoms with Crippen molar-refractivity contribution < 1.29 is 14.0 Å². The van der Waals surface area contributed by atoms with Crippen LogP contribution in [0, 0.1) is 20.8 Å². The van der Waals surface area contributed by atoms with Crippen LogP contribution in [0.1, 0.15) is 61.8 Å². The fourth-order valence-electron chi connectivity index (χ4n) is 3.73. The largest absolute Gasteiger partial charge is 0.455 e. The molecule has 0 saturated carbocycles. The lowest BCUT2D eigenvalue weighted by Gasteiger charge is -2.13. The van der Waals surface area contributed by atoms with Gasteiger partial charge in [-0.1, -0.05) is 12.1 Å². The van der Waals surface area contributed by atoms with E-state index < -0.39 is 0 Å². The molecule has 0 atom stereocenters. The Labute approximate surface area is 180 Å². The summed E-state index contributed by atoms with van der Waals surface area (Å²) in [7, 11) is 0. The van der Waals surface area contributed by atoms with Gasteiger partial charge in [-0.2, -0.15) is 5.10 Å². The van der Waals surface area contributed by atoms with Gasteiger partial charge in [0.1, 0.15) is 5.76 Å². The molecule has 2 aromatic heterocycles. The number of nitrogens with one attached hydrogen (secondary N) is 2. The first-order valence-electron chi connectivity index (χ1n) is 10.2. The van der Waals surface area contributed by atoms with Crippen LogP contribution in [0.4, 0.5) is 5.69 Å². The Hall–Kier alpha value is -3.74. The second-order valence-electron chi connectivity index (χ2n) is 7.72. The SMILES string of the molecule is Cc1ccc(C)c(NC(=O)c2oc3c(c2C)/C(=N/NC(=O)c2ccncc2)CCC3)c1. The lowest BCUT2D eigenvalue weighted by atomic mass is 9.93. The number of benzene rings is 1. The summed E-state index contributed by atoms with van der Waals surface area (Å²) in [5.74, 6) is 0.407. The molecule has 4 rings (SSSR count). The van der Waals surface area contributed by atoms with E-state index >= 15 is 0 Å². The fraction of sp³-hybridized carbons (Fsp3) is 0.250. The van der Waals surface area contributed by atoms with Crippen molar-refractivity contribution >= 4 is 23.2 Å². The number of anilines is 1. The van der Waals surface area contributed by atoms with Gasteiger partial charge in [-0.05, 0) is 62.9 Å². The van der Waals surface area contributed by atoms with Crippen molar-refractivity contribution in [3.8, 4) is 0 Å². The zero-order chi connectivity index (χ0) is 22.0. The molecule has 158 valence electrons. The van der Waals surface area contributed by atoms with Gasteiger partial charge in [0.05, 0.1) is 5.71 Å². The summed E-state index contributed by atoms with van der Waals surface area (Å²) < 4.78 is 5.95. The van der Waals surface area contributed by atoms with Gasteiger partial charge in [0.25, 0.3) is 11.8 Å². The van der Waals surface area contributed by atoms with Crippen LogP contribution in [0.5, 0.6) is 0 Å². The summed E-state index contributed by atoms with van der Waals surface area (Å²) in [5, 5.41) is 7.30. The molecule has 1 aromatic carbocycles. The average Bonchev–Trinajstić information content (AvgIpc) is 3.12. The van der Waals surface area contributed by atoms with E-state index in [0.29, 0.717) is 12.0 Å². The van der Waals surface area contributed by atoms with Gasteiger partial charge in [-0.25, -0.2) is 5.43 Å². The molecule has 31 heavy (non-hydrogen) atoms. The first kappa shape index (κ1) is 20.5. The number of rotatable bonds is 4. The van der Waals surface area contributed by atoms with Crippen LogP contribution < -0.4 is 10.7 Å². The third-order valence-corrected chi connectivity index (χ3v) is 5.41. The Kier molecular flexibility index (Phi) is 5.66.